The lowest BCUT2D eigenvalue weighted by atomic mass is 9.80. The molecule has 0 aromatic heterocycles. The number of carbonyl (C=O) groups is 2. The summed E-state index contributed by atoms with van der Waals surface area (Å²) in [4.78, 5) is 24.9. The van der Waals surface area contributed by atoms with E-state index in [4.69, 9.17) is 4.74 Å². The molecule has 5 heteroatoms. The Morgan fingerprint density at radius 3 is 2.37 bits per heavy atom. The highest BCUT2D eigenvalue weighted by atomic mass is 16.5. The van der Waals surface area contributed by atoms with Crippen LogP contribution in [0.1, 0.15) is 33.6 Å². The lowest BCUT2D eigenvalue weighted by Crippen LogP contribution is -2.44. The van der Waals surface area contributed by atoms with Gasteiger partial charge in [0.25, 0.3) is 0 Å². The van der Waals surface area contributed by atoms with E-state index in [1.165, 1.54) is 17.7 Å². The van der Waals surface area contributed by atoms with E-state index >= 15 is 0 Å². The summed E-state index contributed by atoms with van der Waals surface area (Å²) >= 11 is 0. The van der Waals surface area contributed by atoms with Gasteiger partial charge < -0.3 is 14.7 Å². The summed E-state index contributed by atoms with van der Waals surface area (Å²) in [7, 11) is 1.63. The standard InChI is InChI=1S/C14H25NO4/c1-14(2,3)11(13(17)18)12(16)15(4)7-8-19-9-10-5-6-10/h10-11H,5-9H2,1-4H3,(H,17,18). The number of rotatable bonds is 7. The molecule has 0 spiro atoms. The molecule has 0 radical (unpaired) electrons. The first kappa shape index (κ1) is 16.0. The summed E-state index contributed by atoms with van der Waals surface area (Å²) in [6.07, 6.45) is 2.47. The van der Waals surface area contributed by atoms with Gasteiger partial charge in [-0.05, 0) is 24.2 Å². The molecule has 1 atom stereocenters. The van der Waals surface area contributed by atoms with Crippen LogP contribution in [0.3, 0.4) is 0 Å². The number of carboxylic acid groups (broad SMARTS) is 1. The Kier molecular flexibility index (Phi) is 5.35. The van der Waals surface area contributed by atoms with Gasteiger partial charge in [0.05, 0.1) is 6.61 Å². The molecule has 0 bridgehead atoms. The van der Waals surface area contributed by atoms with Gasteiger partial charge in [0.1, 0.15) is 5.92 Å². The molecule has 0 aliphatic heterocycles. The first-order valence-electron chi connectivity index (χ1n) is 6.79. The Hall–Kier alpha value is -1.10. The van der Waals surface area contributed by atoms with E-state index in [9.17, 15) is 14.7 Å². The quantitative estimate of drug-likeness (QED) is 0.564. The van der Waals surface area contributed by atoms with Gasteiger partial charge in [-0.15, -0.1) is 0 Å². The van der Waals surface area contributed by atoms with Gasteiger partial charge in [-0.3, -0.25) is 9.59 Å². The zero-order valence-electron chi connectivity index (χ0n) is 12.3. The summed E-state index contributed by atoms with van der Waals surface area (Å²) in [6, 6.07) is 0. The van der Waals surface area contributed by atoms with Crippen molar-refractivity contribution in [3.05, 3.63) is 0 Å². The molecular weight excluding hydrogens is 246 g/mol. The summed E-state index contributed by atoms with van der Waals surface area (Å²) in [6.45, 7) is 6.95. The number of nitrogens with zero attached hydrogens (tertiary/aromatic N) is 1. The third-order valence-corrected chi connectivity index (χ3v) is 3.36. The number of hydrogen-bond donors (Lipinski definition) is 1. The second kappa shape index (κ2) is 6.37. The van der Waals surface area contributed by atoms with Gasteiger partial charge in [-0.2, -0.15) is 0 Å². The number of carboxylic acids is 1. The first-order valence-corrected chi connectivity index (χ1v) is 6.79. The number of aliphatic carboxylic acids is 1. The van der Waals surface area contributed by atoms with E-state index in [1.54, 1.807) is 27.8 Å². The second-order valence-electron chi connectivity index (χ2n) is 6.42. The third-order valence-electron chi connectivity index (χ3n) is 3.36. The molecule has 1 aliphatic carbocycles. The molecule has 1 fully saturated rings. The Morgan fingerprint density at radius 2 is 1.95 bits per heavy atom. The molecule has 5 nitrogen and oxygen atoms in total. The van der Waals surface area contributed by atoms with Gasteiger partial charge in [0, 0.05) is 20.2 Å². The minimum atomic E-state index is -1.07. The molecule has 0 aromatic carbocycles. The van der Waals surface area contributed by atoms with E-state index in [-0.39, 0.29) is 5.91 Å². The van der Waals surface area contributed by atoms with E-state index in [0.29, 0.717) is 19.1 Å². The van der Waals surface area contributed by atoms with Crippen molar-refractivity contribution in [3.63, 3.8) is 0 Å². The fraction of sp³-hybridized carbons (Fsp3) is 0.857. The summed E-state index contributed by atoms with van der Waals surface area (Å²) in [5, 5.41) is 9.20. The molecule has 0 aromatic rings. The van der Waals surface area contributed by atoms with Crippen molar-refractivity contribution in [2.24, 2.45) is 17.3 Å². The van der Waals surface area contributed by atoms with Crippen molar-refractivity contribution in [2.75, 3.05) is 26.8 Å². The van der Waals surface area contributed by atoms with Gasteiger partial charge >= 0.3 is 5.97 Å². The minimum absolute atomic E-state index is 0.352. The van der Waals surface area contributed by atoms with Crippen LogP contribution in [-0.4, -0.2) is 48.7 Å². The fourth-order valence-corrected chi connectivity index (χ4v) is 1.91. The molecule has 1 aliphatic rings. The topological polar surface area (TPSA) is 66.8 Å². The maximum atomic E-state index is 12.2. The lowest BCUT2D eigenvalue weighted by Gasteiger charge is -2.29. The van der Waals surface area contributed by atoms with Crippen LogP contribution in [0.15, 0.2) is 0 Å². The van der Waals surface area contributed by atoms with Crippen molar-refractivity contribution in [1.29, 1.82) is 0 Å². The molecule has 1 amide bonds. The minimum Gasteiger partial charge on any atom is -0.481 e. The lowest BCUT2D eigenvalue weighted by molar-refractivity contribution is -0.155. The van der Waals surface area contributed by atoms with Crippen LogP contribution in [0, 0.1) is 17.3 Å². The highest BCUT2D eigenvalue weighted by molar-refractivity contribution is 5.97. The van der Waals surface area contributed by atoms with Crippen molar-refractivity contribution in [3.8, 4) is 0 Å². The van der Waals surface area contributed by atoms with Crippen LogP contribution in [0.25, 0.3) is 0 Å². The maximum absolute atomic E-state index is 12.2. The molecule has 0 heterocycles. The Labute approximate surface area is 114 Å². The average molecular weight is 271 g/mol. The SMILES string of the molecule is CN(CCOCC1CC1)C(=O)C(C(=O)O)C(C)(C)C. The van der Waals surface area contributed by atoms with Crippen LogP contribution >= 0.6 is 0 Å². The molecule has 110 valence electrons. The van der Waals surface area contributed by atoms with Crippen LogP contribution in [-0.2, 0) is 14.3 Å². The monoisotopic (exact) mass is 271 g/mol. The van der Waals surface area contributed by atoms with Gasteiger partial charge in [-0.25, -0.2) is 0 Å². The van der Waals surface area contributed by atoms with Crippen molar-refractivity contribution in [2.45, 2.75) is 33.6 Å². The zero-order valence-corrected chi connectivity index (χ0v) is 12.3. The van der Waals surface area contributed by atoms with E-state index in [0.717, 1.165) is 6.61 Å². The van der Waals surface area contributed by atoms with Crippen molar-refractivity contribution >= 4 is 11.9 Å². The van der Waals surface area contributed by atoms with E-state index in [1.807, 2.05) is 0 Å². The molecule has 1 rings (SSSR count). The fourth-order valence-electron chi connectivity index (χ4n) is 1.91. The number of carbonyl (C=O) groups excluding carboxylic acids is 1. The van der Waals surface area contributed by atoms with Crippen molar-refractivity contribution in [1.82, 2.24) is 4.90 Å². The molecule has 19 heavy (non-hydrogen) atoms. The van der Waals surface area contributed by atoms with Gasteiger partial charge in [0.15, 0.2) is 0 Å². The molecule has 1 N–H and O–H groups in total. The summed E-state index contributed by atoms with van der Waals surface area (Å²) in [5.41, 5.74) is -0.591. The number of ether oxygens (including phenoxy) is 1. The van der Waals surface area contributed by atoms with Crippen LogP contribution in [0.5, 0.6) is 0 Å². The maximum Gasteiger partial charge on any atom is 0.316 e. The van der Waals surface area contributed by atoms with Crippen LogP contribution in [0.4, 0.5) is 0 Å². The normalized spacial score (nSPS) is 17.1. The molecule has 1 unspecified atom stereocenters. The first-order chi connectivity index (χ1) is 8.73. The highest BCUT2D eigenvalue weighted by Crippen LogP contribution is 2.29. The summed E-state index contributed by atoms with van der Waals surface area (Å²) < 4.78 is 5.46. The van der Waals surface area contributed by atoms with E-state index < -0.39 is 17.3 Å². The predicted molar refractivity (Wildman–Crippen MR) is 71.8 cm³/mol. The molecule has 0 saturated heterocycles. The zero-order chi connectivity index (χ0) is 14.6. The van der Waals surface area contributed by atoms with Crippen LogP contribution in [0.2, 0.25) is 0 Å². The number of hydrogen-bond acceptors (Lipinski definition) is 3. The largest absolute Gasteiger partial charge is 0.481 e. The Bertz CT molecular complexity index is 331. The second-order valence-corrected chi connectivity index (χ2v) is 6.42. The smallest absolute Gasteiger partial charge is 0.316 e. The molecule has 1 saturated carbocycles. The average Bonchev–Trinajstić information content (AvgIpc) is 3.05. The highest BCUT2D eigenvalue weighted by Gasteiger charge is 2.39. The third kappa shape index (κ3) is 5.19. The Balaban J connectivity index is 2.41. The summed E-state index contributed by atoms with van der Waals surface area (Å²) in [5.74, 6) is -1.73. The predicted octanol–water partition coefficient (Wildman–Crippen LogP) is 1.62. The molecular formula is C14H25NO4. The van der Waals surface area contributed by atoms with Crippen molar-refractivity contribution < 1.29 is 19.4 Å². The Morgan fingerprint density at radius 1 is 1.37 bits per heavy atom. The van der Waals surface area contributed by atoms with Crippen LogP contribution < -0.4 is 0 Å². The van der Waals surface area contributed by atoms with E-state index in [2.05, 4.69) is 0 Å². The number of amides is 1. The number of likely N-dealkylation sites (N-methyl/N-ethyl adjacent to an activating group) is 1. The van der Waals surface area contributed by atoms with Gasteiger partial charge in [-0.1, -0.05) is 20.8 Å². The van der Waals surface area contributed by atoms with Gasteiger partial charge in [0.2, 0.25) is 5.91 Å².